The van der Waals surface area contributed by atoms with Crippen molar-refractivity contribution >= 4 is 11.8 Å². The van der Waals surface area contributed by atoms with Gasteiger partial charge in [0.25, 0.3) is 0 Å². The average Bonchev–Trinajstić information content (AvgIpc) is 2.96. The zero-order chi connectivity index (χ0) is 14.4. The summed E-state index contributed by atoms with van der Waals surface area (Å²) in [5.74, 6) is 0.284. The third kappa shape index (κ3) is 4.48. The van der Waals surface area contributed by atoms with Crippen molar-refractivity contribution in [3.63, 3.8) is 0 Å². The maximum atomic E-state index is 11.8. The van der Waals surface area contributed by atoms with Gasteiger partial charge in [-0.25, -0.2) is 0 Å². The molecule has 0 radical (unpaired) electrons. The zero-order valence-electron chi connectivity index (χ0n) is 12.1. The lowest BCUT2D eigenvalue weighted by Crippen LogP contribution is -2.14. The lowest BCUT2D eigenvalue weighted by atomic mass is 10.0. The van der Waals surface area contributed by atoms with Crippen LogP contribution in [0.2, 0.25) is 0 Å². The average molecular weight is 274 g/mol. The number of hydrogen-bond acceptors (Lipinski definition) is 3. The van der Waals surface area contributed by atoms with Crippen LogP contribution in [0.4, 0.5) is 0 Å². The van der Waals surface area contributed by atoms with Gasteiger partial charge in [0.05, 0.1) is 0 Å². The number of ketones is 1. The molecule has 0 aromatic heterocycles. The van der Waals surface area contributed by atoms with E-state index in [9.17, 15) is 9.59 Å². The minimum Gasteiger partial charge on any atom is -0.457 e. The molecule has 1 fully saturated rings. The molecular weight excluding hydrogens is 252 g/mol. The van der Waals surface area contributed by atoms with E-state index in [1.54, 1.807) is 12.1 Å². The summed E-state index contributed by atoms with van der Waals surface area (Å²) < 4.78 is 5.06. The molecule has 1 aliphatic rings. The molecule has 1 aromatic carbocycles. The third-order valence-corrected chi connectivity index (χ3v) is 3.97. The fraction of sp³-hybridized carbons (Fsp3) is 0.529. The highest BCUT2D eigenvalue weighted by atomic mass is 16.5. The van der Waals surface area contributed by atoms with Crippen molar-refractivity contribution in [2.45, 2.75) is 45.4 Å². The number of carbonyl (C=O) groups is 2. The third-order valence-electron chi connectivity index (χ3n) is 3.97. The minimum absolute atomic E-state index is 0.140. The largest absolute Gasteiger partial charge is 0.457 e. The summed E-state index contributed by atoms with van der Waals surface area (Å²) in [5, 5.41) is 0. The lowest BCUT2D eigenvalue weighted by Gasteiger charge is -2.08. The SMILES string of the molecule is Cc1ccc(C(=O)COC(=O)CCC2CCCC2)cc1. The van der Waals surface area contributed by atoms with E-state index in [-0.39, 0.29) is 18.4 Å². The smallest absolute Gasteiger partial charge is 0.306 e. The number of esters is 1. The Morgan fingerprint density at radius 2 is 1.80 bits per heavy atom. The molecule has 3 nitrogen and oxygen atoms in total. The van der Waals surface area contributed by atoms with Crippen LogP contribution in [-0.4, -0.2) is 18.4 Å². The Morgan fingerprint density at radius 3 is 2.45 bits per heavy atom. The number of Topliss-reactive ketones (excluding diaryl/α,β-unsaturated/α-hetero) is 1. The Bertz CT molecular complexity index is 456. The van der Waals surface area contributed by atoms with Gasteiger partial charge < -0.3 is 4.74 Å². The minimum atomic E-state index is -0.252. The van der Waals surface area contributed by atoms with Crippen LogP contribution in [-0.2, 0) is 9.53 Å². The van der Waals surface area contributed by atoms with Crippen molar-refractivity contribution in [2.24, 2.45) is 5.92 Å². The molecule has 0 saturated heterocycles. The molecule has 20 heavy (non-hydrogen) atoms. The second-order valence-corrected chi connectivity index (χ2v) is 5.64. The van der Waals surface area contributed by atoms with Gasteiger partial charge in [0.15, 0.2) is 12.4 Å². The van der Waals surface area contributed by atoms with Crippen molar-refractivity contribution < 1.29 is 14.3 Å². The molecule has 108 valence electrons. The maximum Gasteiger partial charge on any atom is 0.306 e. The van der Waals surface area contributed by atoms with Crippen LogP contribution in [0.3, 0.4) is 0 Å². The summed E-state index contributed by atoms with van der Waals surface area (Å²) in [6.45, 7) is 1.82. The van der Waals surface area contributed by atoms with Crippen LogP contribution >= 0.6 is 0 Å². The molecule has 2 rings (SSSR count). The first-order valence-electron chi connectivity index (χ1n) is 7.40. The molecule has 0 spiro atoms. The van der Waals surface area contributed by atoms with Crippen LogP contribution in [0.5, 0.6) is 0 Å². The van der Waals surface area contributed by atoms with Crippen molar-refractivity contribution in [3.05, 3.63) is 35.4 Å². The highest BCUT2D eigenvalue weighted by molar-refractivity contribution is 5.97. The van der Waals surface area contributed by atoms with E-state index >= 15 is 0 Å². The van der Waals surface area contributed by atoms with Crippen LogP contribution in [0, 0.1) is 12.8 Å². The summed E-state index contributed by atoms with van der Waals surface area (Å²) >= 11 is 0. The summed E-state index contributed by atoms with van der Waals surface area (Å²) in [6, 6.07) is 7.30. The fourth-order valence-electron chi connectivity index (χ4n) is 2.66. The second-order valence-electron chi connectivity index (χ2n) is 5.64. The van der Waals surface area contributed by atoms with Gasteiger partial charge in [0.1, 0.15) is 0 Å². The molecule has 0 unspecified atom stereocenters. The number of aryl methyl sites for hydroxylation is 1. The monoisotopic (exact) mass is 274 g/mol. The Morgan fingerprint density at radius 1 is 1.15 bits per heavy atom. The number of carbonyl (C=O) groups excluding carboxylic acids is 2. The van der Waals surface area contributed by atoms with E-state index in [1.807, 2.05) is 19.1 Å². The second kappa shape index (κ2) is 7.22. The molecular formula is C17H22O3. The van der Waals surface area contributed by atoms with Crippen LogP contribution in [0.25, 0.3) is 0 Å². The normalized spacial score (nSPS) is 15.2. The van der Waals surface area contributed by atoms with Crippen LogP contribution < -0.4 is 0 Å². The van der Waals surface area contributed by atoms with Crippen molar-refractivity contribution in [3.8, 4) is 0 Å². The predicted molar refractivity (Wildman–Crippen MR) is 77.7 cm³/mol. The summed E-state index contributed by atoms with van der Waals surface area (Å²) in [5.41, 5.74) is 1.70. The van der Waals surface area contributed by atoms with Gasteiger partial charge in [0.2, 0.25) is 0 Å². The Labute approximate surface area is 120 Å². The number of ether oxygens (including phenoxy) is 1. The Kier molecular flexibility index (Phi) is 5.33. The molecule has 0 N–H and O–H groups in total. The van der Waals surface area contributed by atoms with Gasteiger partial charge >= 0.3 is 5.97 Å². The number of hydrogen-bond donors (Lipinski definition) is 0. The van der Waals surface area contributed by atoms with Gasteiger partial charge in [-0.3, -0.25) is 9.59 Å². The molecule has 0 atom stereocenters. The first-order valence-corrected chi connectivity index (χ1v) is 7.40. The highest BCUT2D eigenvalue weighted by Gasteiger charge is 2.17. The lowest BCUT2D eigenvalue weighted by molar-refractivity contribution is -0.142. The molecule has 0 aliphatic heterocycles. The van der Waals surface area contributed by atoms with E-state index in [0.717, 1.165) is 12.0 Å². The molecule has 0 heterocycles. The Hall–Kier alpha value is -1.64. The zero-order valence-corrected chi connectivity index (χ0v) is 12.1. The summed E-state index contributed by atoms with van der Waals surface area (Å²) in [4.78, 5) is 23.5. The molecule has 3 heteroatoms. The summed E-state index contributed by atoms with van der Waals surface area (Å²) in [7, 11) is 0. The molecule has 1 aromatic rings. The number of benzene rings is 1. The first-order chi connectivity index (χ1) is 9.65. The van der Waals surface area contributed by atoms with Gasteiger partial charge in [-0.15, -0.1) is 0 Å². The van der Waals surface area contributed by atoms with Crippen molar-refractivity contribution in [2.75, 3.05) is 6.61 Å². The molecule has 0 bridgehead atoms. The Balaban J connectivity index is 1.69. The first kappa shape index (κ1) is 14.8. The van der Waals surface area contributed by atoms with Crippen molar-refractivity contribution in [1.29, 1.82) is 0 Å². The highest BCUT2D eigenvalue weighted by Crippen LogP contribution is 2.28. The van der Waals surface area contributed by atoms with E-state index in [1.165, 1.54) is 25.7 Å². The maximum absolute atomic E-state index is 11.8. The van der Waals surface area contributed by atoms with E-state index in [0.29, 0.717) is 17.9 Å². The predicted octanol–water partition coefficient (Wildman–Crippen LogP) is 3.69. The van der Waals surface area contributed by atoms with E-state index in [2.05, 4.69) is 0 Å². The molecule has 0 amide bonds. The standard InChI is InChI=1S/C17H22O3/c1-13-6-9-15(10-7-13)16(18)12-20-17(19)11-8-14-4-2-3-5-14/h6-7,9-10,14H,2-5,8,11-12H2,1H3. The van der Waals surface area contributed by atoms with Gasteiger partial charge in [-0.1, -0.05) is 55.5 Å². The quantitative estimate of drug-likeness (QED) is 0.587. The van der Waals surface area contributed by atoms with Gasteiger partial charge in [0, 0.05) is 12.0 Å². The van der Waals surface area contributed by atoms with Crippen molar-refractivity contribution in [1.82, 2.24) is 0 Å². The number of rotatable bonds is 6. The summed E-state index contributed by atoms with van der Waals surface area (Å²) in [6.07, 6.45) is 6.37. The molecule has 1 saturated carbocycles. The fourth-order valence-corrected chi connectivity index (χ4v) is 2.66. The van der Waals surface area contributed by atoms with E-state index in [4.69, 9.17) is 4.74 Å². The van der Waals surface area contributed by atoms with Gasteiger partial charge in [-0.05, 0) is 19.3 Å². The van der Waals surface area contributed by atoms with Gasteiger partial charge in [-0.2, -0.15) is 0 Å². The molecule has 1 aliphatic carbocycles. The van der Waals surface area contributed by atoms with E-state index < -0.39 is 0 Å². The van der Waals surface area contributed by atoms with Crippen LogP contribution in [0.15, 0.2) is 24.3 Å². The topological polar surface area (TPSA) is 43.4 Å². The van der Waals surface area contributed by atoms with Crippen LogP contribution in [0.1, 0.15) is 54.4 Å².